The molecular formula is C48H87NO8P+. The molecule has 58 heavy (non-hydrogen) atoms. The van der Waals surface area contributed by atoms with Gasteiger partial charge in [0.2, 0.25) is 0 Å². The van der Waals surface area contributed by atoms with Crippen LogP contribution >= 0.6 is 7.82 Å². The van der Waals surface area contributed by atoms with Gasteiger partial charge in [0.05, 0.1) is 27.7 Å². The van der Waals surface area contributed by atoms with Gasteiger partial charge in [-0.25, -0.2) is 4.57 Å². The number of hydrogen-bond acceptors (Lipinski definition) is 7. The molecule has 1 N–H and O–H groups in total. The summed E-state index contributed by atoms with van der Waals surface area (Å²) < 4.78 is 34.3. The van der Waals surface area contributed by atoms with Crippen LogP contribution in [0.2, 0.25) is 0 Å². The van der Waals surface area contributed by atoms with E-state index in [0.717, 1.165) is 70.6 Å². The molecule has 1 unspecified atom stereocenters. The zero-order chi connectivity index (χ0) is 42.8. The van der Waals surface area contributed by atoms with Gasteiger partial charge in [-0.05, 0) is 83.5 Å². The molecule has 0 aromatic rings. The number of likely N-dealkylation sites (N-methyl/N-ethyl adjacent to an activating group) is 1. The van der Waals surface area contributed by atoms with Crippen molar-refractivity contribution in [2.75, 3.05) is 47.5 Å². The number of esters is 2. The monoisotopic (exact) mass is 837 g/mol. The lowest BCUT2D eigenvalue weighted by Crippen LogP contribution is -2.37. The zero-order valence-corrected chi connectivity index (χ0v) is 38.7. The average Bonchev–Trinajstić information content (AvgIpc) is 3.17. The van der Waals surface area contributed by atoms with E-state index in [9.17, 15) is 19.0 Å². The molecule has 0 amide bonds. The number of carbonyl (C=O) groups is 2. The molecule has 0 aliphatic carbocycles. The van der Waals surface area contributed by atoms with Gasteiger partial charge >= 0.3 is 19.8 Å². The Morgan fingerprint density at radius 1 is 0.534 bits per heavy atom. The molecule has 2 atom stereocenters. The van der Waals surface area contributed by atoms with Gasteiger partial charge in [-0.15, -0.1) is 0 Å². The molecule has 0 bridgehead atoms. The zero-order valence-electron chi connectivity index (χ0n) is 37.8. The normalized spacial score (nSPS) is 14.1. The van der Waals surface area contributed by atoms with E-state index < -0.39 is 26.5 Å². The molecule has 0 aromatic heterocycles. The Morgan fingerprint density at radius 3 is 1.45 bits per heavy atom. The summed E-state index contributed by atoms with van der Waals surface area (Å²) in [6, 6.07) is 0. The second kappa shape index (κ2) is 40.1. The van der Waals surface area contributed by atoms with Crippen LogP contribution in [0.3, 0.4) is 0 Å². The molecule has 0 rings (SSSR count). The lowest BCUT2D eigenvalue weighted by Gasteiger charge is -2.24. The molecular weight excluding hydrogens is 750 g/mol. The fourth-order valence-corrected chi connectivity index (χ4v) is 6.61. The highest BCUT2D eigenvalue weighted by Gasteiger charge is 2.27. The Kier molecular flexibility index (Phi) is 38.5. The number of ether oxygens (including phenoxy) is 2. The van der Waals surface area contributed by atoms with Crippen LogP contribution in [0.15, 0.2) is 60.8 Å². The summed E-state index contributed by atoms with van der Waals surface area (Å²) >= 11 is 0. The quantitative estimate of drug-likeness (QED) is 0.0213. The van der Waals surface area contributed by atoms with Crippen LogP contribution in [0, 0.1) is 0 Å². The largest absolute Gasteiger partial charge is 0.472 e. The molecule has 0 saturated carbocycles. The van der Waals surface area contributed by atoms with E-state index in [2.05, 4.69) is 74.6 Å². The maximum Gasteiger partial charge on any atom is 0.472 e. The van der Waals surface area contributed by atoms with Gasteiger partial charge in [0.25, 0.3) is 0 Å². The Morgan fingerprint density at radius 2 is 0.931 bits per heavy atom. The van der Waals surface area contributed by atoms with Crippen molar-refractivity contribution in [3.05, 3.63) is 60.8 Å². The van der Waals surface area contributed by atoms with E-state index in [0.29, 0.717) is 17.4 Å². The minimum atomic E-state index is -4.39. The van der Waals surface area contributed by atoms with E-state index in [1.54, 1.807) is 0 Å². The van der Waals surface area contributed by atoms with Gasteiger partial charge < -0.3 is 18.9 Å². The maximum absolute atomic E-state index is 12.7. The third-order valence-electron chi connectivity index (χ3n) is 9.52. The van der Waals surface area contributed by atoms with Crippen molar-refractivity contribution in [1.82, 2.24) is 0 Å². The first kappa shape index (κ1) is 55.7. The molecule has 0 aromatic carbocycles. The van der Waals surface area contributed by atoms with Crippen LogP contribution in [0.5, 0.6) is 0 Å². The first-order valence-electron chi connectivity index (χ1n) is 23.0. The molecule has 9 nitrogen and oxygen atoms in total. The van der Waals surface area contributed by atoms with E-state index in [1.165, 1.54) is 77.0 Å². The van der Waals surface area contributed by atoms with Crippen LogP contribution in [-0.4, -0.2) is 74.9 Å². The Hall–Kier alpha value is -2.29. The highest BCUT2D eigenvalue weighted by molar-refractivity contribution is 7.47. The van der Waals surface area contributed by atoms with E-state index in [1.807, 2.05) is 21.1 Å². The third kappa shape index (κ3) is 43.3. The topological polar surface area (TPSA) is 108 Å². The number of carbonyl (C=O) groups excluding carboxylic acids is 2. The van der Waals surface area contributed by atoms with Crippen LogP contribution < -0.4 is 0 Å². The fourth-order valence-electron chi connectivity index (χ4n) is 5.87. The lowest BCUT2D eigenvalue weighted by molar-refractivity contribution is -0.870. The van der Waals surface area contributed by atoms with Crippen LogP contribution in [0.1, 0.15) is 181 Å². The van der Waals surface area contributed by atoms with Crippen molar-refractivity contribution in [3.63, 3.8) is 0 Å². The Bertz CT molecular complexity index is 1170. The summed E-state index contributed by atoms with van der Waals surface area (Å²) in [4.78, 5) is 35.4. The highest BCUT2D eigenvalue weighted by atomic mass is 31.2. The van der Waals surface area contributed by atoms with Gasteiger partial charge in [0, 0.05) is 12.8 Å². The van der Waals surface area contributed by atoms with Gasteiger partial charge in [-0.3, -0.25) is 18.6 Å². The minimum absolute atomic E-state index is 0.0222. The van der Waals surface area contributed by atoms with Crippen molar-refractivity contribution in [2.45, 2.75) is 187 Å². The molecule has 0 radical (unpaired) electrons. The van der Waals surface area contributed by atoms with Crippen molar-refractivity contribution in [2.24, 2.45) is 0 Å². The number of unbranched alkanes of at least 4 members (excludes halogenated alkanes) is 17. The molecule has 0 aliphatic heterocycles. The number of quaternary nitrogens is 1. The summed E-state index contributed by atoms with van der Waals surface area (Å²) in [5.74, 6) is -0.842. The number of allylic oxidation sites excluding steroid dienone is 10. The summed E-state index contributed by atoms with van der Waals surface area (Å²) in [5.41, 5.74) is 0. The first-order valence-corrected chi connectivity index (χ1v) is 24.5. The van der Waals surface area contributed by atoms with Crippen molar-refractivity contribution in [3.8, 4) is 0 Å². The molecule has 0 aliphatic rings. The maximum atomic E-state index is 12.7. The second-order valence-corrected chi connectivity index (χ2v) is 17.9. The summed E-state index contributed by atoms with van der Waals surface area (Å²) in [6.07, 6.45) is 48.3. The average molecular weight is 837 g/mol. The van der Waals surface area contributed by atoms with Crippen LogP contribution in [-0.2, 0) is 32.7 Å². The number of rotatable bonds is 41. The molecule has 0 saturated heterocycles. The minimum Gasteiger partial charge on any atom is -0.462 e. The van der Waals surface area contributed by atoms with E-state index in [4.69, 9.17) is 18.5 Å². The van der Waals surface area contributed by atoms with Crippen molar-refractivity contribution >= 4 is 19.8 Å². The summed E-state index contributed by atoms with van der Waals surface area (Å²) in [5, 5.41) is 0. The molecule has 10 heteroatoms. The van der Waals surface area contributed by atoms with Crippen molar-refractivity contribution < 1.29 is 42.1 Å². The van der Waals surface area contributed by atoms with Crippen molar-refractivity contribution in [1.29, 1.82) is 0 Å². The van der Waals surface area contributed by atoms with Gasteiger partial charge in [-0.1, -0.05) is 145 Å². The van der Waals surface area contributed by atoms with Gasteiger partial charge in [0.15, 0.2) is 6.10 Å². The molecule has 0 fully saturated rings. The van der Waals surface area contributed by atoms with E-state index in [-0.39, 0.29) is 32.0 Å². The smallest absolute Gasteiger partial charge is 0.462 e. The number of phosphoric ester groups is 1. The fraction of sp³-hybridized carbons (Fsp3) is 0.750. The Balaban J connectivity index is 4.42. The first-order chi connectivity index (χ1) is 28.0. The number of hydrogen-bond donors (Lipinski definition) is 1. The second-order valence-electron chi connectivity index (χ2n) is 16.4. The predicted octanol–water partition coefficient (Wildman–Crippen LogP) is 13.2. The molecule has 0 heterocycles. The Labute approximate surface area is 356 Å². The van der Waals surface area contributed by atoms with Gasteiger partial charge in [-0.2, -0.15) is 0 Å². The summed E-state index contributed by atoms with van der Waals surface area (Å²) in [6.45, 7) is 4.33. The van der Waals surface area contributed by atoms with E-state index >= 15 is 0 Å². The molecule has 0 spiro atoms. The third-order valence-corrected chi connectivity index (χ3v) is 10.5. The molecule has 336 valence electrons. The summed E-state index contributed by atoms with van der Waals surface area (Å²) in [7, 11) is 1.44. The van der Waals surface area contributed by atoms with Crippen LogP contribution in [0.25, 0.3) is 0 Å². The standard InChI is InChI=1S/C48H86NO8P/c1-6-8-10-12-14-16-18-20-22-23-24-25-27-29-31-33-35-37-39-41-48(51)57-46(45-56-58(52,53)55-43-42-49(3,4)5)44-54-47(50)40-38-36-34-32-30-28-26-21-19-17-15-13-11-9-7-2/h14,16-17,19-20,22,24-25,29,31,46H,6-13,15,18,21,23,26-28,30,32-45H2,1-5H3/p+1/b16-14+,19-17+,22-20+,25-24+,31-29+/t46-/m1/s1. The van der Waals surface area contributed by atoms with Crippen LogP contribution in [0.4, 0.5) is 0 Å². The lowest BCUT2D eigenvalue weighted by atomic mass is 10.1. The highest BCUT2D eigenvalue weighted by Crippen LogP contribution is 2.43. The van der Waals surface area contributed by atoms with Gasteiger partial charge in [0.1, 0.15) is 19.8 Å². The predicted molar refractivity (Wildman–Crippen MR) is 243 cm³/mol. The SMILES string of the molecule is CCCCC/C=C/C/C=C/C/C=C/C/C=C/CCCCCC(=O)O[C@H](COC(=O)CCCCCCCCC/C=C/CCCCCC)COP(=O)(O)OCC[N+](C)(C)C. The number of phosphoric acid groups is 1. The number of nitrogens with zero attached hydrogens (tertiary/aromatic N) is 1.